The van der Waals surface area contributed by atoms with E-state index in [0.29, 0.717) is 10.8 Å². The number of hydrogen-bond donors (Lipinski definition) is 0. The molecule has 103 valence electrons. The minimum absolute atomic E-state index is 0.492. The quantitative estimate of drug-likeness (QED) is 0.506. The first-order valence-corrected chi connectivity index (χ1v) is 8.39. The predicted molar refractivity (Wildman–Crippen MR) is 83.1 cm³/mol. The molecule has 0 aliphatic rings. The van der Waals surface area contributed by atoms with Gasteiger partial charge in [-0.25, -0.2) is 0 Å². The Morgan fingerprint density at radius 1 is 0.706 bits per heavy atom. The lowest BCUT2D eigenvalue weighted by Gasteiger charge is -2.25. The highest BCUT2D eigenvalue weighted by atomic mass is 31.1. The van der Waals surface area contributed by atoms with E-state index < -0.39 is 0 Å². The van der Waals surface area contributed by atoms with Crippen molar-refractivity contribution in [1.82, 2.24) is 0 Å². The van der Waals surface area contributed by atoms with Crippen molar-refractivity contribution in [2.24, 2.45) is 22.7 Å². The van der Waals surface area contributed by atoms with Gasteiger partial charge < -0.3 is 0 Å². The summed E-state index contributed by atoms with van der Waals surface area (Å²) >= 11 is 0. The molecule has 0 aromatic carbocycles. The first-order chi connectivity index (χ1) is 7.49. The summed E-state index contributed by atoms with van der Waals surface area (Å²) in [5.74, 6) is 1.75. The molecular weight excluding hydrogens is 223 g/mol. The standard InChI is InChI=1S/C16H34P/c1-13(9-15(3,4)5)11-17-12-14(2)10-16(6,7)8/h13-14H,9-12H2,1-8H3. The van der Waals surface area contributed by atoms with Gasteiger partial charge in [-0.05, 0) is 47.8 Å². The smallest absolute Gasteiger partial charge is 0.0261 e. The van der Waals surface area contributed by atoms with E-state index in [-0.39, 0.29) is 0 Å². The van der Waals surface area contributed by atoms with Gasteiger partial charge in [-0.2, -0.15) is 0 Å². The fourth-order valence-electron chi connectivity index (χ4n) is 2.74. The van der Waals surface area contributed by atoms with Crippen molar-refractivity contribution < 1.29 is 0 Å². The van der Waals surface area contributed by atoms with Gasteiger partial charge >= 0.3 is 0 Å². The Hall–Kier alpha value is 0.430. The van der Waals surface area contributed by atoms with Gasteiger partial charge in [-0.15, -0.1) is 0 Å². The number of rotatable bonds is 6. The highest BCUT2D eigenvalue weighted by Crippen LogP contribution is 2.31. The molecule has 0 aromatic rings. The molecule has 0 aromatic heterocycles. The maximum absolute atomic E-state index is 2.41. The van der Waals surface area contributed by atoms with Crippen LogP contribution < -0.4 is 0 Å². The Morgan fingerprint density at radius 3 is 1.24 bits per heavy atom. The molecule has 0 nitrogen and oxygen atoms in total. The van der Waals surface area contributed by atoms with Crippen molar-refractivity contribution in [3.8, 4) is 0 Å². The molecule has 0 aliphatic carbocycles. The van der Waals surface area contributed by atoms with E-state index in [2.05, 4.69) is 55.4 Å². The van der Waals surface area contributed by atoms with Crippen LogP contribution in [0.5, 0.6) is 0 Å². The van der Waals surface area contributed by atoms with Crippen LogP contribution in [0.1, 0.15) is 68.2 Å². The lowest BCUT2D eigenvalue weighted by atomic mass is 9.86. The Morgan fingerprint density at radius 2 is 1.00 bits per heavy atom. The average Bonchev–Trinajstić information content (AvgIpc) is 1.95. The number of hydrogen-bond acceptors (Lipinski definition) is 0. The largest absolute Gasteiger partial charge is 0.0804 e. The zero-order valence-electron chi connectivity index (χ0n) is 13.4. The molecule has 0 N–H and O–H groups in total. The third-order valence-corrected chi connectivity index (χ3v) is 4.57. The third kappa shape index (κ3) is 12.7. The van der Waals surface area contributed by atoms with Crippen LogP contribution in [0.15, 0.2) is 0 Å². The van der Waals surface area contributed by atoms with Crippen molar-refractivity contribution >= 4 is 8.58 Å². The second-order valence-corrected chi connectivity index (χ2v) is 9.51. The molecule has 0 fully saturated rings. The molecular formula is C16H34P. The summed E-state index contributed by atoms with van der Waals surface area (Å²) in [4.78, 5) is 0. The van der Waals surface area contributed by atoms with Crippen molar-refractivity contribution in [3.63, 3.8) is 0 Å². The topological polar surface area (TPSA) is 0 Å². The maximum atomic E-state index is 2.41. The highest BCUT2D eigenvalue weighted by molar-refractivity contribution is 7.37. The molecule has 1 radical (unpaired) electrons. The zero-order chi connectivity index (χ0) is 13.7. The van der Waals surface area contributed by atoms with Gasteiger partial charge in [0.15, 0.2) is 0 Å². The second kappa shape index (κ2) is 7.13. The molecule has 0 bridgehead atoms. The van der Waals surface area contributed by atoms with Gasteiger partial charge in [-0.1, -0.05) is 64.0 Å². The van der Waals surface area contributed by atoms with Crippen LogP contribution in [0.4, 0.5) is 0 Å². The van der Waals surface area contributed by atoms with E-state index in [9.17, 15) is 0 Å². The van der Waals surface area contributed by atoms with Gasteiger partial charge in [0.2, 0.25) is 0 Å². The van der Waals surface area contributed by atoms with E-state index >= 15 is 0 Å². The SMILES string of the molecule is CC(C[P]CC(C)CC(C)(C)C)CC(C)(C)C. The zero-order valence-corrected chi connectivity index (χ0v) is 14.3. The first-order valence-electron chi connectivity index (χ1n) is 7.13. The van der Waals surface area contributed by atoms with Crippen LogP contribution in [0.25, 0.3) is 0 Å². The van der Waals surface area contributed by atoms with Gasteiger partial charge in [0.25, 0.3) is 0 Å². The van der Waals surface area contributed by atoms with Gasteiger partial charge in [0.05, 0.1) is 0 Å². The maximum Gasteiger partial charge on any atom is -0.0261 e. The molecule has 0 amide bonds. The van der Waals surface area contributed by atoms with Crippen LogP contribution in [0.3, 0.4) is 0 Å². The van der Waals surface area contributed by atoms with Crippen LogP contribution in [0.2, 0.25) is 0 Å². The molecule has 0 spiro atoms. The third-order valence-electron chi connectivity index (χ3n) is 2.80. The predicted octanol–water partition coefficient (Wildman–Crippen LogP) is 6.08. The molecule has 0 saturated heterocycles. The van der Waals surface area contributed by atoms with E-state index in [1.807, 2.05) is 0 Å². The Balaban J connectivity index is 3.70. The van der Waals surface area contributed by atoms with E-state index in [1.54, 1.807) is 8.58 Å². The van der Waals surface area contributed by atoms with Crippen molar-refractivity contribution in [1.29, 1.82) is 0 Å². The summed E-state index contributed by atoms with van der Waals surface area (Å²) in [6.45, 7) is 18.9. The molecule has 0 heterocycles. The Kier molecular flexibility index (Phi) is 7.31. The minimum atomic E-state index is 0.492. The van der Waals surface area contributed by atoms with Crippen molar-refractivity contribution in [2.45, 2.75) is 68.2 Å². The lowest BCUT2D eigenvalue weighted by Crippen LogP contribution is -2.14. The van der Waals surface area contributed by atoms with Crippen LogP contribution in [0, 0.1) is 22.7 Å². The monoisotopic (exact) mass is 257 g/mol. The summed E-state index contributed by atoms with van der Waals surface area (Å²) in [6, 6.07) is 0. The second-order valence-electron chi connectivity index (χ2n) is 8.33. The van der Waals surface area contributed by atoms with Crippen LogP contribution >= 0.6 is 8.58 Å². The van der Waals surface area contributed by atoms with E-state index in [1.165, 1.54) is 25.2 Å². The lowest BCUT2D eigenvalue weighted by molar-refractivity contribution is 0.319. The normalized spacial score (nSPS) is 17.6. The minimum Gasteiger partial charge on any atom is -0.0804 e. The van der Waals surface area contributed by atoms with Gasteiger partial charge in [0.1, 0.15) is 0 Å². The van der Waals surface area contributed by atoms with Crippen molar-refractivity contribution in [2.75, 3.05) is 12.3 Å². The molecule has 1 heteroatoms. The first kappa shape index (κ1) is 17.4. The fourth-order valence-corrected chi connectivity index (χ4v) is 4.02. The summed E-state index contributed by atoms with van der Waals surface area (Å²) in [5, 5.41) is 0. The summed E-state index contributed by atoms with van der Waals surface area (Å²) < 4.78 is 0. The summed E-state index contributed by atoms with van der Waals surface area (Å²) in [5.41, 5.74) is 0.984. The molecule has 0 saturated carbocycles. The van der Waals surface area contributed by atoms with E-state index in [4.69, 9.17) is 0 Å². The molecule has 2 atom stereocenters. The Bertz CT molecular complexity index is 173. The van der Waals surface area contributed by atoms with Crippen molar-refractivity contribution in [3.05, 3.63) is 0 Å². The molecule has 0 rings (SSSR count). The molecule has 0 aliphatic heterocycles. The van der Waals surface area contributed by atoms with E-state index in [0.717, 1.165) is 11.8 Å². The van der Waals surface area contributed by atoms with Gasteiger partial charge in [-0.3, -0.25) is 0 Å². The Labute approximate surface area is 112 Å². The summed E-state index contributed by atoms with van der Waals surface area (Å²) in [7, 11) is 1.66. The highest BCUT2D eigenvalue weighted by Gasteiger charge is 2.17. The van der Waals surface area contributed by atoms with Crippen LogP contribution in [-0.4, -0.2) is 12.3 Å². The molecule has 2 unspecified atom stereocenters. The fraction of sp³-hybridized carbons (Fsp3) is 1.00. The molecule has 17 heavy (non-hydrogen) atoms. The van der Waals surface area contributed by atoms with Gasteiger partial charge in [0, 0.05) is 0 Å². The average molecular weight is 257 g/mol. The summed E-state index contributed by atoms with van der Waals surface area (Å²) in [6.07, 6.45) is 5.47. The van der Waals surface area contributed by atoms with Crippen LogP contribution in [-0.2, 0) is 0 Å².